The third-order valence-corrected chi connectivity index (χ3v) is 6.03. The highest BCUT2D eigenvalue weighted by molar-refractivity contribution is 5.89. The Kier molecular flexibility index (Phi) is 4.94. The number of amides is 2. The molecule has 2 heterocycles. The maximum absolute atomic E-state index is 12.8. The number of likely N-dealkylation sites (tertiary alicyclic amines) is 1. The van der Waals surface area contributed by atoms with E-state index in [1.165, 1.54) is 41.9 Å². The maximum atomic E-state index is 12.8. The molecule has 1 unspecified atom stereocenters. The Morgan fingerprint density at radius 2 is 2.00 bits per heavy atom. The lowest BCUT2D eigenvalue weighted by Crippen LogP contribution is -2.43. The van der Waals surface area contributed by atoms with Crippen LogP contribution >= 0.6 is 0 Å². The van der Waals surface area contributed by atoms with Crippen molar-refractivity contribution in [2.24, 2.45) is 5.92 Å². The molecule has 4 rings (SSSR count). The third-order valence-electron chi connectivity index (χ3n) is 6.03. The molecule has 144 valence electrons. The van der Waals surface area contributed by atoms with Crippen LogP contribution in [-0.4, -0.2) is 33.6 Å². The van der Waals surface area contributed by atoms with E-state index in [4.69, 9.17) is 0 Å². The van der Waals surface area contributed by atoms with Crippen LogP contribution in [0.25, 0.3) is 0 Å². The van der Waals surface area contributed by atoms with Crippen LogP contribution in [0.4, 0.5) is 10.5 Å². The van der Waals surface area contributed by atoms with E-state index in [0.29, 0.717) is 11.8 Å². The second-order valence-corrected chi connectivity index (χ2v) is 8.33. The molecule has 1 N–H and O–H groups in total. The first-order valence-electron chi connectivity index (χ1n) is 10.2. The Bertz CT molecular complexity index is 837. The number of piperidine rings is 1. The number of rotatable bonds is 4. The van der Waals surface area contributed by atoms with Crippen molar-refractivity contribution in [3.8, 4) is 0 Å². The lowest BCUT2D eigenvalue weighted by atomic mass is 9.98. The molecule has 1 aliphatic carbocycles. The SMILES string of the molecule is Cc1ccc(NC(=O)N2CCCC(Cn3c(C)cnc3C3CC3)C2)cc1C. The molecule has 0 radical (unpaired) electrons. The summed E-state index contributed by atoms with van der Waals surface area (Å²) in [5.74, 6) is 2.41. The summed E-state index contributed by atoms with van der Waals surface area (Å²) in [5.41, 5.74) is 4.57. The highest BCUT2D eigenvalue weighted by Gasteiger charge is 2.30. The zero-order chi connectivity index (χ0) is 19.0. The van der Waals surface area contributed by atoms with E-state index < -0.39 is 0 Å². The Morgan fingerprint density at radius 3 is 2.74 bits per heavy atom. The molecule has 5 heteroatoms. The van der Waals surface area contributed by atoms with Gasteiger partial charge in [0.2, 0.25) is 0 Å². The number of hydrogen-bond donors (Lipinski definition) is 1. The van der Waals surface area contributed by atoms with E-state index in [2.05, 4.69) is 41.7 Å². The number of nitrogens with one attached hydrogen (secondary N) is 1. The van der Waals surface area contributed by atoms with Gasteiger partial charge in [-0.15, -0.1) is 0 Å². The summed E-state index contributed by atoms with van der Waals surface area (Å²) in [6.45, 7) is 8.94. The van der Waals surface area contributed by atoms with Crippen LogP contribution in [0.1, 0.15) is 54.2 Å². The zero-order valence-electron chi connectivity index (χ0n) is 16.7. The summed E-state index contributed by atoms with van der Waals surface area (Å²) < 4.78 is 2.40. The number of anilines is 1. The Balaban J connectivity index is 1.39. The van der Waals surface area contributed by atoms with Gasteiger partial charge in [0.05, 0.1) is 0 Å². The highest BCUT2D eigenvalue weighted by Crippen LogP contribution is 2.40. The molecule has 1 aromatic carbocycles. The molecule has 1 aliphatic heterocycles. The number of nitrogens with zero attached hydrogens (tertiary/aromatic N) is 3. The first-order chi connectivity index (χ1) is 13.0. The number of benzene rings is 1. The molecule has 27 heavy (non-hydrogen) atoms. The third kappa shape index (κ3) is 4.02. The minimum absolute atomic E-state index is 0.0210. The van der Waals surface area contributed by atoms with Gasteiger partial charge in [0.15, 0.2) is 0 Å². The van der Waals surface area contributed by atoms with Crippen molar-refractivity contribution < 1.29 is 4.79 Å². The normalized spacial score (nSPS) is 20.0. The average Bonchev–Trinajstić information content (AvgIpc) is 3.43. The van der Waals surface area contributed by atoms with E-state index in [1.807, 2.05) is 23.2 Å². The number of carbonyl (C=O) groups excluding carboxylic acids is 1. The molecule has 2 fully saturated rings. The predicted molar refractivity (Wildman–Crippen MR) is 108 cm³/mol. The molecule has 0 spiro atoms. The monoisotopic (exact) mass is 366 g/mol. The van der Waals surface area contributed by atoms with Crippen molar-refractivity contribution in [3.63, 3.8) is 0 Å². The van der Waals surface area contributed by atoms with Crippen LogP contribution in [0.5, 0.6) is 0 Å². The van der Waals surface area contributed by atoms with Crippen LogP contribution in [0.3, 0.4) is 0 Å². The number of imidazole rings is 1. The van der Waals surface area contributed by atoms with Crippen molar-refractivity contribution in [3.05, 3.63) is 47.0 Å². The van der Waals surface area contributed by atoms with Gasteiger partial charge in [-0.3, -0.25) is 0 Å². The number of urea groups is 1. The fourth-order valence-corrected chi connectivity index (χ4v) is 4.06. The minimum Gasteiger partial charge on any atom is -0.332 e. The summed E-state index contributed by atoms with van der Waals surface area (Å²) in [4.78, 5) is 19.4. The van der Waals surface area contributed by atoms with Gasteiger partial charge in [-0.05, 0) is 75.6 Å². The standard InChI is InChI=1S/C22H30N4O/c1-15-6-9-20(11-16(15)2)24-22(27)25-10-4-5-18(13-25)14-26-17(3)12-23-21(26)19-7-8-19/h6,9,11-12,18-19H,4-5,7-8,10,13-14H2,1-3H3,(H,24,27). The molecular weight excluding hydrogens is 336 g/mol. The quantitative estimate of drug-likeness (QED) is 0.858. The second kappa shape index (κ2) is 7.37. The van der Waals surface area contributed by atoms with Crippen molar-refractivity contribution >= 4 is 11.7 Å². The first kappa shape index (κ1) is 18.1. The summed E-state index contributed by atoms with van der Waals surface area (Å²) in [6, 6.07) is 6.11. The van der Waals surface area contributed by atoms with Crippen molar-refractivity contribution in [1.82, 2.24) is 14.5 Å². The molecule has 1 saturated heterocycles. The molecule has 2 aromatic rings. The van der Waals surface area contributed by atoms with Crippen LogP contribution in [0.2, 0.25) is 0 Å². The Morgan fingerprint density at radius 1 is 1.19 bits per heavy atom. The van der Waals surface area contributed by atoms with Crippen LogP contribution < -0.4 is 5.32 Å². The average molecular weight is 367 g/mol. The van der Waals surface area contributed by atoms with Crippen molar-refractivity contribution in [1.29, 1.82) is 0 Å². The molecular formula is C22H30N4O. The van der Waals surface area contributed by atoms with Gasteiger partial charge in [-0.2, -0.15) is 0 Å². The minimum atomic E-state index is 0.0210. The maximum Gasteiger partial charge on any atom is 0.321 e. The van der Waals surface area contributed by atoms with Gasteiger partial charge >= 0.3 is 6.03 Å². The van der Waals surface area contributed by atoms with E-state index in [1.54, 1.807) is 0 Å². The summed E-state index contributed by atoms with van der Waals surface area (Å²) >= 11 is 0. The molecule has 1 atom stereocenters. The Hall–Kier alpha value is -2.30. The summed E-state index contributed by atoms with van der Waals surface area (Å²) in [6.07, 6.45) is 6.78. The summed E-state index contributed by atoms with van der Waals surface area (Å²) in [5, 5.41) is 3.08. The number of aromatic nitrogens is 2. The van der Waals surface area contributed by atoms with Crippen LogP contribution in [0, 0.1) is 26.7 Å². The summed E-state index contributed by atoms with van der Waals surface area (Å²) in [7, 11) is 0. The zero-order valence-corrected chi connectivity index (χ0v) is 16.7. The van der Waals surface area contributed by atoms with Gasteiger partial charge < -0.3 is 14.8 Å². The van der Waals surface area contributed by atoms with Crippen molar-refractivity contribution in [2.75, 3.05) is 18.4 Å². The molecule has 1 saturated carbocycles. The lowest BCUT2D eigenvalue weighted by Gasteiger charge is -2.33. The lowest BCUT2D eigenvalue weighted by molar-refractivity contribution is 0.170. The van der Waals surface area contributed by atoms with E-state index in [-0.39, 0.29) is 6.03 Å². The van der Waals surface area contributed by atoms with Crippen LogP contribution in [0.15, 0.2) is 24.4 Å². The predicted octanol–water partition coefficient (Wildman–Crippen LogP) is 4.63. The molecule has 2 amide bonds. The molecule has 2 aliphatic rings. The second-order valence-electron chi connectivity index (χ2n) is 8.33. The Labute approximate surface area is 161 Å². The van der Waals surface area contributed by atoms with Gasteiger partial charge in [-0.1, -0.05) is 6.07 Å². The highest BCUT2D eigenvalue weighted by atomic mass is 16.2. The number of aryl methyl sites for hydroxylation is 3. The largest absolute Gasteiger partial charge is 0.332 e. The fourth-order valence-electron chi connectivity index (χ4n) is 4.06. The van der Waals surface area contributed by atoms with Gasteiger partial charge in [0, 0.05) is 43.1 Å². The topological polar surface area (TPSA) is 50.2 Å². The number of carbonyl (C=O) groups is 1. The first-order valence-corrected chi connectivity index (χ1v) is 10.2. The van der Waals surface area contributed by atoms with E-state index in [9.17, 15) is 4.79 Å². The molecule has 0 bridgehead atoms. The van der Waals surface area contributed by atoms with Gasteiger partial charge in [0.25, 0.3) is 0 Å². The number of hydrogen-bond acceptors (Lipinski definition) is 2. The van der Waals surface area contributed by atoms with Crippen LogP contribution in [-0.2, 0) is 6.54 Å². The van der Waals surface area contributed by atoms with E-state index in [0.717, 1.165) is 31.7 Å². The van der Waals surface area contributed by atoms with Crippen molar-refractivity contribution in [2.45, 2.75) is 58.9 Å². The smallest absolute Gasteiger partial charge is 0.321 e. The van der Waals surface area contributed by atoms with E-state index >= 15 is 0 Å². The fraction of sp³-hybridized carbons (Fsp3) is 0.545. The van der Waals surface area contributed by atoms with Gasteiger partial charge in [0.1, 0.15) is 5.82 Å². The molecule has 5 nitrogen and oxygen atoms in total. The molecule has 1 aromatic heterocycles. The van der Waals surface area contributed by atoms with Gasteiger partial charge in [-0.25, -0.2) is 9.78 Å².